The number of aliphatic hydroxyl groups excluding tert-OH is 1. The monoisotopic (exact) mass is 291 g/mol. The van der Waals surface area contributed by atoms with Crippen LogP contribution in [0.1, 0.15) is 36.0 Å². The van der Waals surface area contributed by atoms with Crippen LogP contribution in [0.15, 0.2) is 24.3 Å². The molecule has 0 aromatic heterocycles. The van der Waals surface area contributed by atoms with Crippen LogP contribution in [0.2, 0.25) is 0 Å². The number of hydrogen-bond acceptors (Lipinski definition) is 4. The van der Waals surface area contributed by atoms with Crippen molar-refractivity contribution in [2.45, 2.75) is 43.9 Å². The van der Waals surface area contributed by atoms with Gasteiger partial charge in [-0.3, -0.25) is 4.79 Å². The van der Waals surface area contributed by atoms with Crippen LogP contribution < -0.4 is 10.1 Å². The molecular weight excluding hydrogens is 270 g/mol. The van der Waals surface area contributed by atoms with E-state index in [9.17, 15) is 9.90 Å². The van der Waals surface area contributed by atoms with Gasteiger partial charge in [0, 0.05) is 24.4 Å². The Hall–Kier alpha value is -1.59. The first kappa shape index (κ1) is 14.4. The highest BCUT2D eigenvalue weighted by molar-refractivity contribution is 5.94. The molecule has 2 N–H and O–H groups in total. The summed E-state index contributed by atoms with van der Waals surface area (Å²) in [5.41, 5.74) is 0.621. The van der Waals surface area contributed by atoms with Gasteiger partial charge in [-0.1, -0.05) is 0 Å². The first-order valence-corrected chi connectivity index (χ1v) is 7.54. The summed E-state index contributed by atoms with van der Waals surface area (Å²) in [5, 5.41) is 12.1. The van der Waals surface area contributed by atoms with E-state index in [-0.39, 0.29) is 24.2 Å². The number of carbonyl (C=O) groups excluding carboxylic acids is 1. The van der Waals surface area contributed by atoms with Gasteiger partial charge in [0.15, 0.2) is 0 Å². The quantitative estimate of drug-likeness (QED) is 0.882. The maximum Gasteiger partial charge on any atom is 0.251 e. The molecule has 1 aromatic rings. The molecule has 0 radical (unpaired) electrons. The fourth-order valence-corrected chi connectivity index (χ4v) is 2.65. The third-order valence-electron chi connectivity index (χ3n) is 4.04. The first-order chi connectivity index (χ1) is 10.2. The van der Waals surface area contributed by atoms with Crippen molar-refractivity contribution < 1.29 is 19.4 Å². The van der Waals surface area contributed by atoms with Crippen LogP contribution in [0.3, 0.4) is 0 Å². The lowest BCUT2D eigenvalue weighted by Crippen LogP contribution is -2.46. The highest BCUT2D eigenvalue weighted by atomic mass is 16.5. The lowest BCUT2D eigenvalue weighted by Gasteiger charge is -2.31. The average molecular weight is 291 g/mol. The van der Waals surface area contributed by atoms with Crippen molar-refractivity contribution in [3.05, 3.63) is 29.8 Å². The molecular formula is C16H21NO4. The first-order valence-electron chi connectivity index (χ1n) is 7.54. The van der Waals surface area contributed by atoms with E-state index in [1.165, 1.54) is 0 Å². The molecule has 114 valence electrons. The van der Waals surface area contributed by atoms with Gasteiger partial charge in [0.25, 0.3) is 5.91 Å². The fourth-order valence-electron chi connectivity index (χ4n) is 2.65. The normalized spacial score (nSPS) is 26.0. The topological polar surface area (TPSA) is 67.8 Å². The van der Waals surface area contributed by atoms with E-state index in [1.807, 2.05) is 12.1 Å². The van der Waals surface area contributed by atoms with Gasteiger partial charge >= 0.3 is 0 Å². The Bertz CT molecular complexity index is 476. The third-order valence-corrected chi connectivity index (χ3v) is 4.04. The van der Waals surface area contributed by atoms with E-state index in [4.69, 9.17) is 9.47 Å². The van der Waals surface area contributed by atoms with Gasteiger partial charge in [0.1, 0.15) is 11.9 Å². The van der Waals surface area contributed by atoms with Gasteiger partial charge < -0.3 is 19.9 Å². The van der Waals surface area contributed by atoms with Crippen LogP contribution in [-0.4, -0.2) is 42.5 Å². The van der Waals surface area contributed by atoms with Gasteiger partial charge in [-0.05, 0) is 37.1 Å². The molecule has 3 rings (SSSR count). The van der Waals surface area contributed by atoms with Gasteiger partial charge in [-0.2, -0.15) is 0 Å². The van der Waals surface area contributed by atoms with Crippen molar-refractivity contribution in [2.24, 2.45) is 0 Å². The molecule has 2 aliphatic rings. The van der Waals surface area contributed by atoms with Gasteiger partial charge in [0.2, 0.25) is 0 Å². The van der Waals surface area contributed by atoms with Crippen LogP contribution in [0.25, 0.3) is 0 Å². The minimum absolute atomic E-state index is 0.0930. The molecule has 2 fully saturated rings. The van der Waals surface area contributed by atoms with Crippen molar-refractivity contribution in [2.75, 3.05) is 13.2 Å². The Morgan fingerprint density at radius 2 is 1.86 bits per heavy atom. The molecule has 1 amide bonds. The molecule has 0 atom stereocenters. The number of hydrogen-bond donors (Lipinski definition) is 2. The van der Waals surface area contributed by atoms with E-state index in [0.717, 1.165) is 31.8 Å². The zero-order chi connectivity index (χ0) is 14.7. The lowest BCUT2D eigenvalue weighted by atomic mass is 9.89. The van der Waals surface area contributed by atoms with Crippen molar-refractivity contribution in [1.29, 1.82) is 0 Å². The molecule has 1 saturated carbocycles. The molecule has 1 aliphatic heterocycles. The lowest BCUT2D eigenvalue weighted by molar-refractivity contribution is 0.0256. The Morgan fingerprint density at radius 1 is 1.19 bits per heavy atom. The number of benzene rings is 1. The second-order valence-electron chi connectivity index (χ2n) is 5.75. The predicted octanol–water partition coefficient (Wildman–Crippen LogP) is 1.50. The summed E-state index contributed by atoms with van der Waals surface area (Å²) in [5.74, 6) is 0.696. The minimum atomic E-state index is -0.259. The molecule has 0 unspecified atom stereocenters. The standard InChI is InChI=1S/C16H21NO4/c18-13-9-12(10-13)17-16(19)11-1-3-14(4-2-11)21-15-5-7-20-8-6-15/h1-4,12-13,15,18H,5-10H2,(H,17,19). The molecule has 1 saturated heterocycles. The molecule has 5 nitrogen and oxygen atoms in total. The molecule has 1 aliphatic carbocycles. The highest BCUT2D eigenvalue weighted by Gasteiger charge is 2.28. The molecule has 1 aromatic carbocycles. The van der Waals surface area contributed by atoms with Gasteiger partial charge in [0.05, 0.1) is 19.3 Å². The van der Waals surface area contributed by atoms with E-state index >= 15 is 0 Å². The van der Waals surface area contributed by atoms with Crippen molar-refractivity contribution in [1.82, 2.24) is 5.32 Å². The van der Waals surface area contributed by atoms with E-state index in [0.29, 0.717) is 18.4 Å². The Morgan fingerprint density at radius 3 is 2.48 bits per heavy atom. The largest absolute Gasteiger partial charge is 0.490 e. The van der Waals surface area contributed by atoms with Crippen molar-refractivity contribution >= 4 is 5.91 Å². The van der Waals surface area contributed by atoms with Gasteiger partial charge in [-0.15, -0.1) is 0 Å². The van der Waals surface area contributed by atoms with Crippen molar-refractivity contribution in [3.8, 4) is 5.75 Å². The number of ether oxygens (including phenoxy) is 2. The molecule has 1 heterocycles. The average Bonchev–Trinajstić information content (AvgIpc) is 2.47. The third kappa shape index (κ3) is 3.74. The van der Waals surface area contributed by atoms with Crippen molar-refractivity contribution in [3.63, 3.8) is 0 Å². The van der Waals surface area contributed by atoms with Crippen LogP contribution in [0.4, 0.5) is 0 Å². The number of carbonyl (C=O) groups is 1. The number of nitrogens with one attached hydrogen (secondary N) is 1. The number of aliphatic hydroxyl groups is 1. The number of rotatable bonds is 4. The predicted molar refractivity (Wildman–Crippen MR) is 77.4 cm³/mol. The second-order valence-corrected chi connectivity index (χ2v) is 5.75. The second kappa shape index (κ2) is 6.45. The molecule has 21 heavy (non-hydrogen) atoms. The SMILES string of the molecule is O=C(NC1CC(O)C1)c1ccc(OC2CCOCC2)cc1. The zero-order valence-electron chi connectivity index (χ0n) is 12.0. The number of amides is 1. The summed E-state index contributed by atoms with van der Waals surface area (Å²) in [7, 11) is 0. The van der Waals surface area contributed by atoms with Crippen LogP contribution in [-0.2, 0) is 4.74 Å². The van der Waals surface area contributed by atoms with E-state index < -0.39 is 0 Å². The Kier molecular flexibility index (Phi) is 4.41. The summed E-state index contributed by atoms with van der Waals surface area (Å²) in [4.78, 5) is 12.0. The summed E-state index contributed by atoms with van der Waals surface area (Å²) < 4.78 is 11.2. The van der Waals surface area contributed by atoms with E-state index in [1.54, 1.807) is 12.1 Å². The maximum atomic E-state index is 12.0. The Labute approximate surface area is 124 Å². The summed E-state index contributed by atoms with van der Waals surface area (Å²) in [6.45, 7) is 1.50. The van der Waals surface area contributed by atoms with E-state index in [2.05, 4.69) is 5.32 Å². The maximum absolute atomic E-state index is 12.0. The van der Waals surface area contributed by atoms with Crippen LogP contribution >= 0.6 is 0 Å². The Balaban J connectivity index is 1.52. The van der Waals surface area contributed by atoms with Crippen LogP contribution in [0, 0.1) is 0 Å². The molecule has 0 spiro atoms. The summed E-state index contributed by atoms with van der Waals surface area (Å²) in [6, 6.07) is 7.32. The zero-order valence-corrected chi connectivity index (χ0v) is 12.0. The molecule has 0 bridgehead atoms. The highest BCUT2D eigenvalue weighted by Crippen LogP contribution is 2.21. The fraction of sp³-hybridized carbons (Fsp3) is 0.562. The summed E-state index contributed by atoms with van der Waals surface area (Å²) in [6.07, 6.45) is 3.06. The smallest absolute Gasteiger partial charge is 0.251 e. The summed E-state index contributed by atoms with van der Waals surface area (Å²) >= 11 is 0. The van der Waals surface area contributed by atoms with Gasteiger partial charge in [-0.25, -0.2) is 0 Å². The molecule has 5 heteroatoms. The minimum Gasteiger partial charge on any atom is -0.490 e. The van der Waals surface area contributed by atoms with Crippen LogP contribution in [0.5, 0.6) is 5.75 Å².